The molecule has 2 heterocycles. The molecule has 1 N–H and O–H groups in total. The van der Waals surface area contributed by atoms with Crippen LogP contribution in [0.15, 0.2) is 80.7 Å². The molecule has 6 heteroatoms. The van der Waals surface area contributed by atoms with Crippen molar-refractivity contribution >= 4 is 49.5 Å². The molecule has 6 aromatic rings. The molecule has 6 rings (SSSR count). The molecule has 0 spiro atoms. The van der Waals surface area contributed by atoms with Gasteiger partial charge in [-0.25, -0.2) is 4.57 Å². The average Bonchev–Trinajstić information content (AvgIpc) is 2.89. The Kier molecular flexibility index (Phi) is 5.52. The lowest BCUT2D eigenvalue weighted by Gasteiger charge is -2.14. The van der Waals surface area contributed by atoms with E-state index < -0.39 is 5.97 Å². The van der Waals surface area contributed by atoms with Crippen LogP contribution in [0, 0.1) is 0 Å². The lowest BCUT2D eigenvalue weighted by molar-refractivity contribution is -0.137. The van der Waals surface area contributed by atoms with E-state index in [9.17, 15) is 14.4 Å². The summed E-state index contributed by atoms with van der Waals surface area (Å²) in [5, 5.41) is 13.1. The number of rotatable bonds is 7. The van der Waals surface area contributed by atoms with Crippen molar-refractivity contribution in [3.8, 4) is 5.69 Å². The fourth-order valence-electron chi connectivity index (χ4n) is 5.39. The molecule has 0 amide bonds. The second-order valence-corrected chi connectivity index (χ2v) is 9.56. The number of aryl methyl sites for hydroxylation is 2. The van der Waals surface area contributed by atoms with E-state index in [1.807, 2.05) is 30.3 Å². The first kappa shape index (κ1) is 23.0. The summed E-state index contributed by atoms with van der Waals surface area (Å²) in [4.78, 5) is 38.0. The molecule has 0 atom stereocenters. The van der Waals surface area contributed by atoms with Crippen LogP contribution in [0.1, 0.15) is 37.3 Å². The predicted molar refractivity (Wildman–Crippen MR) is 146 cm³/mol. The van der Waals surface area contributed by atoms with Gasteiger partial charge in [-0.1, -0.05) is 43.7 Å². The Balaban J connectivity index is 1.53. The first-order valence-corrected chi connectivity index (χ1v) is 12.6. The monoisotopic (exact) mass is 491 g/mol. The SMILES string of the molecule is CCCc1ccc2c(c1)oc1ccc3c(=O)n(-c4ccc(CCCC(=O)O)cc4)c(=O)c4ccc2c1c34. The number of benzene rings is 4. The normalized spacial score (nSPS) is 11.8. The fraction of sp³-hybridized carbons (Fsp3) is 0.194. The van der Waals surface area contributed by atoms with E-state index in [2.05, 4.69) is 25.1 Å². The molecule has 4 aromatic carbocycles. The van der Waals surface area contributed by atoms with Crippen LogP contribution in [0.4, 0.5) is 0 Å². The van der Waals surface area contributed by atoms with E-state index in [1.54, 1.807) is 18.2 Å². The van der Waals surface area contributed by atoms with Crippen molar-refractivity contribution in [3.63, 3.8) is 0 Å². The molecule has 0 unspecified atom stereocenters. The van der Waals surface area contributed by atoms with Crippen LogP contribution < -0.4 is 11.1 Å². The van der Waals surface area contributed by atoms with Gasteiger partial charge < -0.3 is 9.52 Å². The van der Waals surface area contributed by atoms with Crippen molar-refractivity contribution in [1.82, 2.24) is 4.57 Å². The van der Waals surface area contributed by atoms with Crippen LogP contribution in [-0.4, -0.2) is 15.6 Å². The summed E-state index contributed by atoms with van der Waals surface area (Å²) in [6, 6.07) is 20.7. The quantitative estimate of drug-likeness (QED) is 0.212. The molecule has 0 fully saturated rings. The number of fused-ring (bicyclic) bond motifs is 2. The molecule has 0 aliphatic carbocycles. The molecule has 184 valence electrons. The first-order valence-electron chi connectivity index (χ1n) is 12.6. The van der Waals surface area contributed by atoms with Crippen LogP contribution in [0.2, 0.25) is 0 Å². The number of aromatic nitrogens is 1. The number of carboxylic acid groups (broad SMARTS) is 1. The Morgan fingerprint density at radius 3 is 2.11 bits per heavy atom. The lowest BCUT2D eigenvalue weighted by atomic mass is 9.96. The molecular weight excluding hydrogens is 466 g/mol. The van der Waals surface area contributed by atoms with Gasteiger partial charge in [0, 0.05) is 33.4 Å². The number of carboxylic acids is 1. The third-order valence-electron chi connectivity index (χ3n) is 7.13. The minimum Gasteiger partial charge on any atom is -0.481 e. The third kappa shape index (κ3) is 3.76. The highest BCUT2D eigenvalue weighted by molar-refractivity contribution is 6.26. The van der Waals surface area contributed by atoms with E-state index in [1.165, 1.54) is 10.1 Å². The molecule has 2 aromatic heterocycles. The summed E-state index contributed by atoms with van der Waals surface area (Å²) in [6.45, 7) is 2.14. The molecule has 0 radical (unpaired) electrons. The van der Waals surface area contributed by atoms with E-state index in [0.29, 0.717) is 40.3 Å². The lowest BCUT2D eigenvalue weighted by Crippen LogP contribution is -2.31. The van der Waals surface area contributed by atoms with E-state index in [-0.39, 0.29) is 17.5 Å². The summed E-state index contributed by atoms with van der Waals surface area (Å²) in [5.74, 6) is -0.824. The summed E-state index contributed by atoms with van der Waals surface area (Å²) >= 11 is 0. The largest absolute Gasteiger partial charge is 0.481 e. The van der Waals surface area contributed by atoms with Crippen LogP contribution >= 0.6 is 0 Å². The topological polar surface area (TPSA) is 89.5 Å². The molecule has 0 aliphatic heterocycles. The zero-order valence-electron chi connectivity index (χ0n) is 20.4. The zero-order valence-corrected chi connectivity index (χ0v) is 20.4. The molecule has 0 bridgehead atoms. The number of hydrogen-bond donors (Lipinski definition) is 1. The van der Waals surface area contributed by atoms with Gasteiger partial charge in [0.15, 0.2) is 0 Å². The van der Waals surface area contributed by atoms with E-state index in [4.69, 9.17) is 9.52 Å². The van der Waals surface area contributed by atoms with Gasteiger partial charge in [0.05, 0.1) is 5.69 Å². The van der Waals surface area contributed by atoms with Crippen molar-refractivity contribution in [3.05, 3.63) is 98.6 Å². The molecule has 37 heavy (non-hydrogen) atoms. The summed E-state index contributed by atoms with van der Waals surface area (Å²) in [7, 11) is 0. The maximum atomic E-state index is 13.6. The highest BCUT2D eigenvalue weighted by Gasteiger charge is 2.19. The van der Waals surface area contributed by atoms with Gasteiger partial charge in [0.1, 0.15) is 11.2 Å². The number of aliphatic carboxylic acids is 1. The highest BCUT2D eigenvalue weighted by atomic mass is 16.4. The maximum Gasteiger partial charge on any atom is 0.303 e. The van der Waals surface area contributed by atoms with Crippen LogP contribution in [0.5, 0.6) is 0 Å². The second-order valence-electron chi connectivity index (χ2n) is 9.56. The van der Waals surface area contributed by atoms with E-state index in [0.717, 1.165) is 40.1 Å². The van der Waals surface area contributed by atoms with Gasteiger partial charge in [-0.05, 0) is 72.2 Å². The number of nitrogens with zero attached hydrogens (tertiary/aromatic N) is 1. The van der Waals surface area contributed by atoms with Crippen molar-refractivity contribution in [1.29, 1.82) is 0 Å². The summed E-state index contributed by atoms with van der Waals surface area (Å²) in [6.07, 6.45) is 3.26. The van der Waals surface area contributed by atoms with Crippen LogP contribution in [-0.2, 0) is 17.6 Å². The number of pyridine rings is 1. The molecule has 0 saturated heterocycles. The molecular formula is C31H25NO5. The average molecular weight is 492 g/mol. The van der Waals surface area contributed by atoms with Gasteiger partial charge in [-0.2, -0.15) is 0 Å². The van der Waals surface area contributed by atoms with Crippen molar-refractivity contribution in [2.75, 3.05) is 0 Å². The molecule has 0 aliphatic rings. The summed E-state index contributed by atoms with van der Waals surface area (Å²) < 4.78 is 7.50. The minimum absolute atomic E-state index is 0.101. The van der Waals surface area contributed by atoms with Gasteiger partial charge in [-0.15, -0.1) is 0 Å². The van der Waals surface area contributed by atoms with Crippen molar-refractivity contribution in [2.45, 2.75) is 39.0 Å². The van der Waals surface area contributed by atoms with Crippen LogP contribution in [0.25, 0.3) is 49.2 Å². The zero-order chi connectivity index (χ0) is 25.7. The van der Waals surface area contributed by atoms with Gasteiger partial charge in [0.25, 0.3) is 11.1 Å². The Labute approximate surface area is 211 Å². The summed E-state index contributed by atoms with van der Waals surface area (Å²) in [5.41, 5.74) is 3.36. The van der Waals surface area contributed by atoms with Gasteiger partial charge >= 0.3 is 5.97 Å². The Morgan fingerprint density at radius 2 is 1.41 bits per heavy atom. The van der Waals surface area contributed by atoms with Gasteiger partial charge in [-0.3, -0.25) is 14.4 Å². The first-order chi connectivity index (χ1) is 18.0. The Hall–Kier alpha value is -4.45. The number of hydrogen-bond acceptors (Lipinski definition) is 4. The Morgan fingerprint density at radius 1 is 0.757 bits per heavy atom. The Bertz CT molecular complexity index is 1900. The highest BCUT2D eigenvalue weighted by Crippen LogP contribution is 2.37. The minimum atomic E-state index is -0.824. The van der Waals surface area contributed by atoms with Crippen molar-refractivity contribution < 1.29 is 14.3 Å². The van der Waals surface area contributed by atoms with E-state index >= 15 is 0 Å². The fourth-order valence-corrected chi connectivity index (χ4v) is 5.39. The molecule has 6 nitrogen and oxygen atoms in total. The van der Waals surface area contributed by atoms with Crippen LogP contribution in [0.3, 0.4) is 0 Å². The molecule has 0 saturated carbocycles. The number of carbonyl (C=O) groups is 1. The van der Waals surface area contributed by atoms with Gasteiger partial charge in [0.2, 0.25) is 0 Å². The maximum absolute atomic E-state index is 13.6. The predicted octanol–water partition coefficient (Wildman–Crippen LogP) is 6.20. The van der Waals surface area contributed by atoms with Crippen molar-refractivity contribution in [2.24, 2.45) is 0 Å². The smallest absolute Gasteiger partial charge is 0.303 e. The second kappa shape index (κ2) is 8.89. The standard InChI is InChI=1S/C31H25NO5/c1-2-4-19-9-12-21-22-13-14-23-28-24(15-16-25(29(22)28)37-26(21)17-19)31(36)32(30(23)35)20-10-7-18(8-11-20)5-3-6-27(33)34/h7-17H,2-6H2,1H3,(H,33,34). The third-order valence-corrected chi connectivity index (χ3v) is 7.13.